The molecule has 3 rings (SSSR count). The Labute approximate surface area is 176 Å². The van der Waals surface area contributed by atoms with Crippen molar-refractivity contribution in [2.75, 3.05) is 38.7 Å². The zero-order chi connectivity index (χ0) is 21.7. The van der Waals surface area contributed by atoms with Crippen LogP contribution in [0, 0.1) is 6.92 Å². The van der Waals surface area contributed by atoms with Gasteiger partial charge in [-0.3, -0.25) is 4.79 Å². The molecule has 1 heterocycles. The molecule has 8 nitrogen and oxygen atoms in total. The van der Waals surface area contributed by atoms with Gasteiger partial charge in [-0.25, -0.2) is 8.42 Å². The largest absolute Gasteiger partial charge is 0.495 e. The second-order valence-corrected chi connectivity index (χ2v) is 8.85. The lowest BCUT2D eigenvalue weighted by atomic mass is 10.2. The maximum absolute atomic E-state index is 13.1. The van der Waals surface area contributed by atoms with E-state index in [4.69, 9.17) is 14.2 Å². The first kappa shape index (κ1) is 22.1. The van der Waals surface area contributed by atoms with E-state index in [0.717, 1.165) is 5.56 Å². The van der Waals surface area contributed by atoms with E-state index in [-0.39, 0.29) is 23.7 Å². The highest BCUT2D eigenvalue weighted by atomic mass is 32.2. The Morgan fingerprint density at radius 2 is 1.90 bits per heavy atom. The first-order chi connectivity index (χ1) is 14.3. The van der Waals surface area contributed by atoms with Crippen molar-refractivity contribution in [3.05, 3.63) is 48.0 Å². The Balaban J connectivity index is 1.78. The van der Waals surface area contributed by atoms with Gasteiger partial charge in [0.25, 0.3) is 5.91 Å². The molecule has 2 aromatic carbocycles. The van der Waals surface area contributed by atoms with Crippen LogP contribution in [0.1, 0.15) is 12.5 Å². The van der Waals surface area contributed by atoms with Gasteiger partial charge in [-0.2, -0.15) is 4.31 Å². The summed E-state index contributed by atoms with van der Waals surface area (Å²) in [6, 6.07) is 11.9. The van der Waals surface area contributed by atoms with Crippen molar-refractivity contribution in [3.63, 3.8) is 0 Å². The summed E-state index contributed by atoms with van der Waals surface area (Å²) >= 11 is 0. The fourth-order valence-electron chi connectivity index (χ4n) is 3.07. The first-order valence-corrected chi connectivity index (χ1v) is 11.1. The van der Waals surface area contributed by atoms with E-state index in [2.05, 4.69) is 5.32 Å². The van der Waals surface area contributed by atoms with Crippen molar-refractivity contribution in [1.82, 2.24) is 4.31 Å². The van der Waals surface area contributed by atoms with E-state index in [1.165, 1.54) is 23.5 Å². The van der Waals surface area contributed by atoms with Crippen molar-refractivity contribution in [1.29, 1.82) is 0 Å². The number of carbonyl (C=O) groups excluding carboxylic acids is 1. The predicted molar refractivity (Wildman–Crippen MR) is 112 cm³/mol. The van der Waals surface area contributed by atoms with Crippen LogP contribution in [0.3, 0.4) is 0 Å². The number of rotatable bonds is 7. The van der Waals surface area contributed by atoms with E-state index in [9.17, 15) is 13.2 Å². The topological polar surface area (TPSA) is 94.2 Å². The van der Waals surface area contributed by atoms with Crippen LogP contribution >= 0.6 is 0 Å². The number of carbonyl (C=O) groups is 1. The Bertz CT molecular complexity index is 1000. The Hall–Kier alpha value is -2.62. The standard InChI is InChI=1S/C21H26N2O6S/c1-15-5-4-6-18(13-15)29-16(2)21(24)22-17-7-8-19(27-3)20(14-17)30(25,26)23-9-11-28-12-10-23/h4-8,13-14,16H,9-12H2,1-3H3,(H,22,24). The SMILES string of the molecule is COc1ccc(NC(=O)C(C)Oc2cccc(C)c2)cc1S(=O)(=O)N1CCOCC1. The van der Waals surface area contributed by atoms with Crippen molar-refractivity contribution >= 4 is 21.6 Å². The van der Waals surface area contributed by atoms with Crippen LogP contribution in [0.2, 0.25) is 0 Å². The number of anilines is 1. The predicted octanol–water partition coefficient (Wildman–Crippen LogP) is 2.43. The third-order valence-corrected chi connectivity index (χ3v) is 6.61. The van der Waals surface area contributed by atoms with Crippen LogP contribution < -0.4 is 14.8 Å². The summed E-state index contributed by atoms with van der Waals surface area (Å²) in [6.07, 6.45) is -0.770. The molecule has 1 atom stereocenters. The highest BCUT2D eigenvalue weighted by molar-refractivity contribution is 7.89. The maximum Gasteiger partial charge on any atom is 0.265 e. The van der Waals surface area contributed by atoms with Gasteiger partial charge in [0.1, 0.15) is 16.4 Å². The summed E-state index contributed by atoms with van der Waals surface area (Å²) < 4.78 is 43.7. The molecule has 0 bridgehead atoms. The summed E-state index contributed by atoms with van der Waals surface area (Å²) in [6.45, 7) is 4.78. The molecule has 9 heteroatoms. The zero-order valence-electron chi connectivity index (χ0n) is 17.3. The summed E-state index contributed by atoms with van der Waals surface area (Å²) in [5, 5.41) is 2.72. The molecule has 1 aliphatic rings. The molecule has 1 saturated heterocycles. The van der Waals surface area contributed by atoms with Crippen LogP contribution in [0.4, 0.5) is 5.69 Å². The monoisotopic (exact) mass is 434 g/mol. The molecule has 1 N–H and O–H groups in total. The lowest BCUT2D eigenvalue weighted by Crippen LogP contribution is -2.40. The van der Waals surface area contributed by atoms with Gasteiger partial charge in [-0.1, -0.05) is 12.1 Å². The number of nitrogens with one attached hydrogen (secondary N) is 1. The zero-order valence-corrected chi connectivity index (χ0v) is 18.1. The van der Waals surface area contributed by atoms with Crippen LogP contribution in [-0.4, -0.2) is 58.1 Å². The molecular formula is C21H26N2O6S. The smallest absolute Gasteiger partial charge is 0.265 e. The fraction of sp³-hybridized carbons (Fsp3) is 0.381. The Kier molecular flexibility index (Phi) is 6.96. The van der Waals surface area contributed by atoms with Crippen molar-refractivity contribution in [2.24, 2.45) is 0 Å². The summed E-state index contributed by atoms with van der Waals surface area (Å²) in [7, 11) is -2.38. The Morgan fingerprint density at radius 1 is 1.17 bits per heavy atom. The lowest BCUT2D eigenvalue weighted by Gasteiger charge is -2.27. The summed E-state index contributed by atoms with van der Waals surface area (Å²) in [4.78, 5) is 12.6. The highest BCUT2D eigenvalue weighted by Gasteiger charge is 2.30. The normalized spacial score (nSPS) is 16.0. The van der Waals surface area contributed by atoms with Gasteiger partial charge in [0.15, 0.2) is 6.10 Å². The molecule has 0 radical (unpaired) electrons. The average molecular weight is 435 g/mol. The minimum Gasteiger partial charge on any atom is -0.495 e. The molecule has 162 valence electrons. The maximum atomic E-state index is 13.1. The third-order valence-electron chi connectivity index (χ3n) is 4.69. The number of morpholine rings is 1. The second kappa shape index (κ2) is 9.46. The van der Waals surface area contributed by atoms with Crippen molar-refractivity contribution in [2.45, 2.75) is 24.8 Å². The number of hydrogen-bond acceptors (Lipinski definition) is 6. The quantitative estimate of drug-likeness (QED) is 0.719. The molecule has 30 heavy (non-hydrogen) atoms. The van der Waals surface area contributed by atoms with E-state index in [1.807, 2.05) is 25.1 Å². The average Bonchev–Trinajstić information content (AvgIpc) is 2.74. The molecular weight excluding hydrogens is 408 g/mol. The molecule has 1 fully saturated rings. The molecule has 1 aliphatic heterocycles. The number of amides is 1. The molecule has 0 aliphatic carbocycles. The van der Waals surface area contributed by atoms with Gasteiger partial charge in [-0.05, 0) is 49.7 Å². The number of ether oxygens (including phenoxy) is 3. The van der Waals surface area contributed by atoms with Crippen molar-refractivity contribution in [3.8, 4) is 11.5 Å². The molecule has 2 aromatic rings. The number of nitrogens with zero attached hydrogens (tertiary/aromatic N) is 1. The lowest BCUT2D eigenvalue weighted by molar-refractivity contribution is -0.122. The highest BCUT2D eigenvalue weighted by Crippen LogP contribution is 2.30. The van der Waals surface area contributed by atoms with E-state index >= 15 is 0 Å². The van der Waals surface area contributed by atoms with E-state index < -0.39 is 22.0 Å². The second-order valence-electron chi connectivity index (χ2n) is 6.95. The fourth-order valence-corrected chi connectivity index (χ4v) is 4.66. The van der Waals surface area contributed by atoms with Gasteiger partial charge in [0.2, 0.25) is 10.0 Å². The van der Waals surface area contributed by atoms with E-state index in [1.54, 1.807) is 19.1 Å². The van der Waals surface area contributed by atoms with Gasteiger partial charge >= 0.3 is 0 Å². The van der Waals surface area contributed by atoms with Gasteiger partial charge in [-0.15, -0.1) is 0 Å². The minimum absolute atomic E-state index is 0.00282. The van der Waals surface area contributed by atoms with Gasteiger partial charge in [0.05, 0.1) is 20.3 Å². The number of sulfonamides is 1. The third kappa shape index (κ3) is 5.10. The Morgan fingerprint density at radius 3 is 2.57 bits per heavy atom. The molecule has 1 amide bonds. The number of methoxy groups -OCH3 is 1. The molecule has 0 spiro atoms. The van der Waals surface area contributed by atoms with Gasteiger partial charge < -0.3 is 19.5 Å². The number of hydrogen-bond donors (Lipinski definition) is 1. The number of aryl methyl sites for hydroxylation is 1. The van der Waals surface area contributed by atoms with Crippen LogP contribution in [-0.2, 0) is 19.6 Å². The first-order valence-electron chi connectivity index (χ1n) is 9.61. The van der Waals surface area contributed by atoms with Crippen LogP contribution in [0.15, 0.2) is 47.4 Å². The summed E-state index contributed by atoms with van der Waals surface area (Å²) in [5.74, 6) is 0.405. The van der Waals surface area contributed by atoms with E-state index in [0.29, 0.717) is 24.7 Å². The summed E-state index contributed by atoms with van der Waals surface area (Å²) in [5.41, 5.74) is 1.36. The van der Waals surface area contributed by atoms with Crippen LogP contribution in [0.5, 0.6) is 11.5 Å². The van der Waals surface area contributed by atoms with Crippen LogP contribution in [0.25, 0.3) is 0 Å². The minimum atomic E-state index is -3.79. The molecule has 1 unspecified atom stereocenters. The van der Waals surface area contributed by atoms with Gasteiger partial charge in [0, 0.05) is 18.8 Å². The van der Waals surface area contributed by atoms with Crippen molar-refractivity contribution < 1.29 is 27.4 Å². The molecule has 0 saturated carbocycles. The molecule has 0 aromatic heterocycles. The number of benzene rings is 2.